The highest BCUT2D eigenvalue weighted by molar-refractivity contribution is 7.75. The van der Waals surface area contributed by atoms with Crippen LogP contribution >= 0.6 is 12.9 Å². The van der Waals surface area contributed by atoms with Crippen molar-refractivity contribution in [1.29, 1.82) is 0 Å². The Bertz CT molecular complexity index is 308. The van der Waals surface area contributed by atoms with Crippen molar-refractivity contribution in [2.24, 2.45) is 0 Å². The smallest absolute Gasteiger partial charge is 0.350 e. The van der Waals surface area contributed by atoms with E-state index in [9.17, 15) is 4.79 Å². The van der Waals surface area contributed by atoms with Crippen LogP contribution in [0.4, 0.5) is 0 Å². The first-order chi connectivity index (χ1) is 6.16. The summed E-state index contributed by atoms with van der Waals surface area (Å²) in [5, 5.41) is 0. The first-order valence-electron chi connectivity index (χ1n) is 4.11. The molecule has 0 aliphatic carbocycles. The Balaban J connectivity index is 3.12. The maximum absolute atomic E-state index is 11.2. The third kappa shape index (κ3) is 2.25. The molecule has 0 saturated heterocycles. The summed E-state index contributed by atoms with van der Waals surface area (Å²) in [6.45, 7) is 4.06. The summed E-state index contributed by atoms with van der Waals surface area (Å²) in [5.41, 5.74) is 1.58. The molecule has 1 aromatic rings. The van der Waals surface area contributed by atoms with Crippen LogP contribution in [-0.4, -0.2) is 5.97 Å². The Morgan fingerprint density at radius 2 is 2.00 bits per heavy atom. The van der Waals surface area contributed by atoms with Crippen molar-refractivity contribution in [1.82, 2.24) is 0 Å². The Morgan fingerprint density at radius 3 is 2.54 bits per heavy atom. The van der Waals surface area contributed by atoms with E-state index < -0.39 is 5.97 Å². The van der Waals surface area contributed by atoms with Gasteiger partial charge in [0.05, 0.1) is 5.56 Å². The molecule has 0 atom stereocenters. The molecule has 0 aromatic heterocycles. The Labute approximate surface area is 83.5 Å². The maximum Gasteiger partial charge on any atom is 0.350 e. The summed E-state index contributed by atoms with van der Waals surface area (Å²) in [7, 11) is 0. The summed E-state index contributed by atoms with van der Waals surface area (Å²) in [5.74, 6) is -0.0868. The molecule has 3 heteroatoms. The highest BCUT2D eigenvalue weighted by Gasteiger charge is 2.12. The molecule has 2 nitrogen and oxygen atoms in total. The van der Waals surface area contributed by atoms with Crippen molar-refractivity contribution in [3.8, 4) is 0 Å². The summed E-state index contributed by atoms with van der Waals surface area (Å²) in [4.78, 5) is 11.2. The van der Waals surface area contributed by atoms with Gasteiger partial charge in [0.1, 0.15) is 0 Å². The average molecular weight is 196 g/mol. The average Bonchev–Trinajstić information content (AvgIpc) is 2.16. The van der Waals surface area contributed by atoms with Gasteiger partial charge in [-0.25, -0.2) is 4.79 Å². The first-order valence-corrected chi connectivity index (χ1v) is 4.48. The zero-order chi connectivity index (χ0) is 9.84. The molecule has 0 aliphatic heterocycles. The number of carbonyl (C=O) groups is 1. The van der Waals surface area contributed by atoms with Crippen LogP contribution < -0.4 is 0 Å². The lowest BCUT2D eigenvalue weighted by Crippen LogP contribution is -2.04. The lowest BCUT2D eigenvalue weighted by atomic mass is 9.97. The van der Waals surface area contributed by atoms with Crippen LogP contribution in [0, 0.1) is 0 Å². The fourth-order valence-electron chi connectivity index (χ4n) is 1.24. The van der Waals surface area contributed by atoms with Gasteiger partial charge in [-0.3, -0.25) is 0 Å². The van der Waals surface area contributed by atoms with E-state index in [1.54, 1.807) is 6.07 Å². The van der Waals surface area contributed by atoms with E-state index in [-0.39, 0.29) is 0 Å². The van der Waals surface area contributed by atoms with Crippen LogP contribution in [0.15, 0.2) is 24.3 Å². The second-order valence-electron chi connectivity index (χ2n) is 3.12. The van der Waals surface area contributed by atoms with Gasteiger partial charge in [-0.2, -0.15) is 0 Å². The number of rotatable bonds is 2. The fourth-order valence-corrected chi connectivity index (χ4v) is 1.33. The van der Waals surface area contributed by atoms with Crippen molar-refractivity contribution >= 4 is 18.9 Å². The molecule has 0 amide bonds. The van der Waals surface area contributed by atoms with Crippen molar-refractivity contribution < 1.29 is 8.98 Å². The molecule has 0 N–H and O–H groups in total. The molecule has 0 saturated carbocycles. The van der Waals surface area contributed by atoms with Crippen molar-refractivity contribution in [2.75, 3.05) is 0 Å². The maximum atomic E-state index is 11.2. The lowest BCUT2D eigenvalue weighted by Gasteiger charge is -2.09. The zero-order valence-corrected chi connectivity index (χ0v) is 8.54. The van der Waals surface area contributed by atoms with Gasteiger partial charge in [-0.1, -0.05) is 32.0 Å². The predicted molar refractivity (Wildman–Crippen MR) is 54.9 cm³/mol. The number of benzene rings is 1. The van der Waals surface area contributed by atoms with E-state index in [2.05, 4.69) is 17.1 Å². The van der Waals surface area contributed by atoms with Gasteiger partial charge in [0.15, 0.2) is 0 Å². The van der Waals surface area contributed by atoms with Gasteiger partial charge < -0.3 is 4.18 Å². The van der Waals surface area contributed by atoms with Gasteiger partial charge in [-0.15, -0.1) is 0 Å². The molecular formula is C10H12O2S. The monoisotopic (exact) mass is 196 g/mol. The van der Waals surface area contributed by atoms with Crippen LogP contribution in [0.5, 0.6) is 0 Å². The minimum atomic E-state index is -0.396. The fraction of sp³-hybridized carbons (Fsp3) is 0.300. The van der Waals surface area contributed by atoms with Gasteiger partial charge >= 0.3 is 5.97 Å². The van der Waals surface area contributed by atoms with Gasteiger partial charge in [-0.05, 0) is 17.5 Å². The molecular weight excluding hydrogens is 184 g/mol. The zero-order valence-electron chi connectivity index (χ0n) is 7.65. The number of carbonyl (C=O) groups excluding carboxylic acids is 1. The Kier molecular flexibility index (Phi) is 3.37. The largest absolute Gasteiger partial charge is 0.391 e. The third-order valence-corrected chi connectivity index (χ3v) is 2.05. The van der Waals surface area contributed by atoms with E-state index in [1.807, 2.05) is 32.0 Å². The SMILES string of the molecule is CC(C)c1ccccc1C(=O)OS. The molecule has 13 heavy (non-hydrogen) atoms. The minimum Gasteiger partial charge on any atom is -0.391 e. The Morgan fingerprint density at radius 1 is 1.38 bits per heavy atom. The van der Waals surface area contributed by atoms with Crippen LogP contribution in [0.2, 0.25) is 0 Å². The number of hydrogen-bond acceptors (Lipinski definition) is 3. The second kappa shape index (κ2) is 4.33. The first kappa shape index (κ1) is 10.1. The lowest BCUT2D eigenvalue weighted by molar-refractivity contribution is 0.0770. The van der Waals surface area contributed by atoms with E-state index >= 15 is 0 Å². The quantitative estimate of drug-likeness (QED) is 0.581. The van der Waals surface area contributed by atoms with E-state index in [4.69, 9.17) is 0 Å². The summed E-state index contributed by atoms with van der Waals surface area (Å²) in [6, 6.07) is 7.38. The van der Waals surface area contributed by atoms with Gasteiger partial charge in [0.25, 0.3) is 0 Å². The van der Waals surface area contributed by atoms with Gasteiger partial charge in [0.2, 0.25) is 0 Å². The standard InChI is InChI=1S/C10H12O2S/c1-7(2)8-5-3-4-6-9(8)10(11)12-13/h3-7,13H,1-2H3. The summed E-state index contributed by atoms with van der Waals surface area (Å²) >= 11 is 3.49. The molecule has 0 heterocycles. The molecule has 1 rings (SSSR count). The highest BCUT2D eigenvalue weighted by atomic mass is 32.1. The third-order valence-electron chi connectivity index (χ3n) is 1.89. The van der Waals surface area contributed by atoms with E-state index in [0.29, 0.717) is 11.5 Å². The molecule has 70 valence electrons. The van der Waals surface area contributed by atoms with Crippen molar-refractivity contribution in [3.63, 3.8) is 0 Å². The van der Waals surface area contributed by atoms with Crippen LogP contribution in [-0.2, 0) is 4.18 Å². The normalized spacial score (nSPS) is 10.2. The van der Waals surface area contributed by atoms with Gasteiger partial charge in [0, 0.05) is 12.9 Å². The minimum absolute atomic E-state index is 0.309. The van der Waals surface area contributed by atoms with Crippen LogP contribution in [0.1, 0.15) is 35.7 Å². The topological polar surface area (TPSA) is 26.3 Å². The van der Waals surface area contributed by atoms with Crippen LogP contribution in [0.25, 0.3) is 0 Å². The summed E-state index contributed by atoms with van der Waals surface area (Å²) in [6.07, 6.45) is 0. The molecule has 0 aliphatic rings. The van der Waals surface area contributed by atoms with Crippen molar-refractivity contribution in [3.05, 3.63) is 35.4 Å². The van der Waals surface area contributed by atoms with E-state index in [0.717, 1.165) is 5.56 Å². The molecule has 0 radical (unpaired) electrons. The second-order valence-corrected chi connectivity index (χ2v) is 3.30. The van der Waals surface area contributed by atoms with Crippen LogP contribution in [0.3, 0.4) is 0 Å². The van der Waals surface area contributed by atoms with Crippen molar-refractivity contribution in [2.45, 2.75) is 19.8 Å². The summed E-state index contributed by atoms with van der Waals surface area (Å²) < 4.78 is 4.38. The molecule has 0 unspecified atom stereocenters. The molecule has 0 bridgehead atoms. The van der Waals surface area contributed by atoms with E-state index in [1.165, 1.54) is 0 Å². The predicted octanol–water partition coefficient (Wildman–Crippen LogP) is 2.81. The highest BCUT2D eigenvalue weighted by Crippen LogP contribution is 2.19. The number of hydrogen-bond donors (Lipinski definition) is 1. The molecule has 0 spiro atoms. The Hall–Kier alpha value is -0.960. The molecule has 1 aromatic carbocycles. The number of thiol groups is 1. The molecule has 0 fully saturated rings.